The molecule has 0 fully saturated rings. The van der Waals surface area contributed by atoms with Crippen LogP contribution in [0, 0.1) is 0 Å². The molecule has 0 bridgehead atoms. The minimum Gasteiger partial charge on any atom is -0.396 e. The predicted molar refractivity (Wildman–Crippen MR) is 52.2 cm³/mol. The van der Waals surface area contributed by atoms with Crippen LogP contribution in [-0.4, -0.2) is 29.2 Å². The highest BCUT2D eigenvalue weighted by Crippen LogP contribution is 2.07. The highest BCUT2D eigenvalue weighted by atomic mass is 16.3. The van der Waals surface area contributed by atoms with Gasteiger partial charge in [0.2, 0.25) is 5.91 Å². The maximum Gasteiger partial charge on any atom is 0.237 e. The molecule has 0 aromatic heterocycles. The first-order valence-electron chi connectivity index (χ1n) is 4.61. The van der Waals surface area contributed by atoms with Crippen molar-refractivity contribution in [2.75, 3.05) is 6.61 Å². The molecule has 0 unspecified atom stereocenters. The molecule has 4 N–H and O–H groups in total. The fourth-order valence-corrected chi connectivity index (χ4v) is 0.954. The average Bonchev–Trinajstić information content (AvgIpc) is 2.01. The Bertz CT molecular complexity index is 169. The van der Waals surface area contributed by atoms with E-state index < -0.39 is 6.04 Å². The fraction of sp³-hybridized carbons (Fsp3) is 0.889. The molecule has 0 aliphatic heterocycles. The van der Waals surface area contributed by atoms with Gasteiger partial charge in [0.05, 0.1) is 6.04 Å². The number of nitrogens with one attached hydrogen (secondary N) is 1. The Hall–Kier alpha value is -0.610. The van der Waals surface area contributed by atoms with Crippen LogP contribution in [0.1, 0.15) is 33.6 Å². The van der Waals surface area contributed by atoms with Crippen molar-refractivity contribution in [1.82, 2.24) is 5.32 Å². The Balaban J connectivity index is 4.03. The molecule has 0 saturated heterocycles. The van der Waals surface area contributed by atoms with Crippen molar-refractivity contribution in [3.05, 3.63) is 0 Å². The summed E-state index contributed by atoms with van der Waals surface area (Å²) in [6.45, 7) is 5.66. The van der Waals surface area contributed by atoms with Crippen LogP contribution in [0.4, 0.5) is 0 Å². The van der Waals surface area contributed by atoms with Crippen LogP contribution in [0.3, 0.4) is 0 Å². The van der Waals surface area contributed by atoms with Crippen molar-refractivity contribution < 1.29 is 9.90 Å². The molecule has 0 spiro atoms. The van der Waals surface area contributed by atoms with Crippen molar-refractivity contribution in [2.45, 2.75) is 45.2 Å². The number of carbonyl (C=O) groups is 1. The number of aliphatic hydroxyl groups excluding tert-OH is 1. The number of carbonyl (C=O) groups excluding carboxylic acids is 1. The summed E-state index contributed by atoms with van der Waals surface area (Å²) in [5.41, 5.74) is 5.17. The summed E-state index contributed by atoms with van der Waals surface area (Å²) in [7, 11) is 0. The highest BCUT2D eigenvalue weighted by molar-refractivity contribution is 5.82. The second-order valence-electron chi connectivity index (χ2n) is 3.86. The Morgan fingerprint density at radius 3 is 2.54 bits per heavy atom. The minimum absolute atomic E-state index is 0.0641. The number of hydrogen-bond acceptors (Lipinski definition) is 3. The van der Waals surface area contributed by atoms with Gasteiger partial charge >= 0.3 is 0 Å². The van der Waals surface area contributed by atoms with E-state index in [1.54, 1.807) is 0 Å². The normalized spacial score (nSPS) is 13.9. The first-order chi connectivity index (χ1) is 5.93. The molecule has 4 nitrogen and oxygen atoms in total. The van der Waals surface area contributed by atoms with Gasteiger partial charge < -0.3 is 16.2 Å². The molecule has 0 heterocycles. The second kappa shape index (κ2) is 5.19. The zero-order valence-corrected chi connectivity index (χ0v) is 8.63. The third-order valence-corrected chi connectivity index (χ3v) is 1.97. The lowest BCUT2D eigenvalue weighted by molar-refractivity contribution is -0.124. The molecule has 0 radical (unpaired) electrons. The number of rotatable bonds is 5. The lowest BCUT2D eigenvalue weighted by atomic mass is 10.0. The molecule has 0 aromatic rings. The maximum atomic E-state index is 11.3. The van der Waals surface area contributed by atoms with Gasteiger partial charge in [-0.05, 0) is 26.7 Å². The van der Waals surface area contributed by atoms with Crippen LogP contribution >= 0.6 is 0 Å². The molecule has 78 valence electrons. The van der Waals surface area contributed by atoms with Crippen LogP contribution in [0.25, 0.3) is 0 Å². The quantitative estimate of drug-likeness (QED) is 0.568. The Morgan fingerprint density at radius 2 is 2.15 bits per heavy atom. The molecule has 1 atom stereocenters. The number of amides is 1. The summed E-state index contributed by atoms with van der Waals surface area (Å²) < 4.78 is 0. The molecule has 1 amide bonds. The SMILES string of the molecule is CC[C@H](N)C(=O)NC(C)(C)CCO. The van der Waals surface area contributed by atoms with Gasteiger partial charge in [0, 0.05) is 12.1 Å². The summed E-state index contributed by atoms with van der Waals surface area (Å²) in [5, 5.41) is 11.5. The summed E-state index contributed by atoms with van der Waals surface area (Å²) in [6.07, 6.45) is 1.16. The first kappa shape index (κ1) is 12.4. The van der Waals surface area contributed by atoms with E-state index in [9.17, 15) is 4.79 Å². The number of nitrogens with two attached hydrogens (primary N) is 1. The Morgan fingerprint density at radius 1 is 1.62 bits per heavy atom. The summed E-state index contributed by atoms with van der Waals surface area (Å²) in [4.78, 5) is 11.3. The Kier molecular flexibility index (Phi) is 4.95. The van der Waals surface area contributed by atoms with Crippen molar-refractivity contribution in [3.8, 4) is 0 Å². The fourth-order valence-electron chi connectivity index (χ4n) is 0.954. The van der Waals surface area contributed by atoms with Crippen molar-refractivity contribution in [3.63, 3.8) is 0 Å². The standard InChI is InChI=1S/C9H20N2O2/c1-4-7(10)8(13)11-9(2,3)5-6-12/h7,12H,4-6,10H2,1-3H3,(H,11,13)/t7-/m0/s1. The van der Waals surface area contributed by atoms with Crippen molar-refractivity contribution in [2.24, 2.45) is 5.73 Å². The third-order valence-electron chi connectivity index (χ3n) is 1.97. The molecular formula is C9H20N2O2. The zero-order valence-electron chi connectivity index (χ0n) is 8.63. The Labute approximate surface area is 79.5 Å². The van der Waals surface area contributed by atoms with Gasteiger partial charge in [0.1, 0.15) is 0 Å². The zero-order chi connectivity index (χ0) is 10.5. The van der Waals surface area contributed by atoms with Crippen LogP contribution in [-0.2, 0) is 4.79 Å². The molecule has 0 aliphatic rings. The molecule has 0 aromatic carbocycles. The summed E-state index contributed by atoms with van der Waals surface area (Å²) in [6, 6.07) is -0.446. The number of aliphatic hydroxyl groups is 1. The highest BCUT2D eigenvalue weighted by Gasteiger charge is 2.22. The molecule has 0 rings (SSSR count). The maximum absolute atomic E-state index is 11.3. The van der Waals surface area contributed by atoms with Crippen LogP contribution in [0.5, 0.6) is 0 Å². The first-order valence-corrected chi connectivity index (χ1v) is 4.61. The van der Waals surface area contributed by atoms with Crippen LogP contribution < -0.4 is 11.1 Å². The second-order valence-corrected chi connectivity index (χ2v) is 3.86. The predicted octanol–water partition coefficient (Wildman–Crippen LogP) is 0.000900. The third kappa shape index (κ3) is 4.85. The van der Waals surface area contributed by atoms with E-state index in [0.29, 0.717) is 12.8 Å². The summed E-state index contributed by atoms with van der Waals surface area (Å²) >= 11 is 0. The van der Waals surface area contributed by atoms with Gasteiger partial charge in [0.15, 0.2) is 0 Å². The van der Waals surface area contributed by atoms with Gasteiger partial charge in [-0.25, -0.2) is 0 Å². The van der Waals surface area contributed by atoms with E-state index in [1.165, 1.54) is 0 Å². The van der Waals surface area contributed by atoms with Crippen LogP contribution in [0.15, 0.2) is 0 Å². The van der Waals surface area contributed by atoms with E-state index in [1.807, 2.05) is 20.8 Å². The topological polar surface area (TPSA) is 75.4 Å². The largest absolute Gasteiger partial charge is 0.396 e. The van der Waals surface area contributed by atoms with Gasteiger partial charge in [-0.2, -0.15) is 0 Å². The molecule has 0 saturated carbocycles. The van der Waals surface area contributed by atoms with Gasteiger partial charge in [0.25, 0.3) is 0 Å². The van der Waals surface area contributed by atoms with Gasteiger partial charge in [-0.15, -0.1) is 0 Å². The molecular weight excluding hydrogens is 168 g/mol. The smallest absolute Gasteiger partial charge is 0.237 e. The van der Waals surface area contributed by atoms with Crippen LogP contribution in [0.2, 0.25) is 0 Å². The lowest BCUT2D eigenvalue weighted by Gasteiger charge is -2.26. The van der Waals surface area contributed by atoms with Crippen molar-refractivity contribution >= 4 is 5.91 Å². The van der Waals surface area contributed by atoms with Gasteiger partial charge in [-0.1, -0.05) is 6.92 Å². The van der Waals surface area contributed by atoms with E-state index in [2.05, 4.69) is 5.32 Å². The van der Waals surface area contributed by atoms with E-state index in [-0.39, 0.29) is 18.1 Å². The minimum atomic E-state index is -0.446. The van der Waals surface area contributed by atoms with Crippen molar-refractivity contribution in [1.29, 1.82) is 0 Å². The molecule has 0 aliphatic carbocycles. The van der Waals surface area contributed by atoms with E-state index in [0.717, 1.165) is 0 Å². The van der Waals surface area contributed by atoms with E-state index >= 15 is 0 Å². The average molecular weight is 188 g/mol. The lowest BCUT2D eigenvalue weighted by Crippen LogP contribution is -2.50. The summed E-state index contributed by atoms with van der Waals surface area (Å²) in [5.74, 6) is -0.152. The molecule has 4 heteroatoms. The molecule has 13 heavy (non-hydrogen) atoms. The van der Waals surface area contributed by atoms with E-state index in [4.69, 9.17) is 10.8 Å². The van der Waals surface area contributed by atoms with Gasteiger partial charge in [-0.3, -0.25) is 4.79 Å². The monoisotopic (exact) mass is 188 g/mol. The number of hydrogen-bond donors (Lipinski definition) is 3.